The van der Waals surface area contributed by atoms with Gasteiger partial charge in [0.05, 0.1) is 12.9 Å². The molecule has 14 heteroatoms. The molecular formula is C21H28N6O7S. The number of hydrogen-bond acceptors (Lipinski definition) is 9. The van der Waals surface area contributed by atoms with Gasteiger partial charge in [-0.05, 0) is 17.7 Å². The summed E-state index contributed by atoms with van der Waals surface area (Å²) < 4.78 is 0. The van der Waals surface area contributed by atoms with Crippen LogP contribution >= 0.6 is 12.6 Å². The molecule has 0 saturated heterocycles. The normalized spacial score (nSPS) is 14.3. The number of aliphatic hydroxyl groups excluding tert-OH is 1. The van der Waals surface area contributed by atoms with E-state index in [0.29, 0.717) is 11.3 Å². The van der Waals surface area contributed by atoms with E-state index in [1.54, 1.807) is 12.1 Å². The lowest BCUT2D eigenvalue weighted by atomic mass is 10.0. The first-order valence-electron chi connectivity index (χ1n) is 10.5. The Morgan fingerprint density at radius 3 is 2.06 bits per heavy atom. The van der Waals surface area contributed by atoms with Crippen molar-refractivity contribution in [2.75, 3.05) is 12.4 Å². The molecular weight excluding hydrogens is 480 g/mol. The minimum atomic E-state index is -1.30. The van der Waals surface area contributed by atoms with Crippen LogP contribution in [-0.4, -0.2) is 85.5 Å². The molecule has 190 valence electrons. The van der Waals surface area contributed by atoms with Crippen LogP contribution in [0.3, 0.4) is 0 Å². The number of aromatic amines is 1. The maximum absolute atomic E-state index is 13.2. The van der Waals surface area contributed by atoms with E-state index in [4.69, 9.17) is 10.8 Å². The van der Waals surface area contributed by atoms with Crippen LogP contribution in [0.5, 0.6) is 5.75 Å². The van der Waals surface area contributed by atoms with Gasteiger partial charge in [0.15, 0.2) is 0 Å². The van der Waals surface area contributed by atoms with Gasteiger partial charge in [-0.3, -0.25) is 14.4 Å². The summed E-state index contributed by atoms with van der Waals surface area (Å²) >= 11 is 3.92. The van der Waals surface area contributed by atoms with Gasteiger partial charge in [-0.1, -0.05) is 12.1 Å². The van der Waals surface area contributed by atoms with E-state index in [0.717, 1.165) is 0 Å². The fourth-order valence-corrected chi connectivity index (χ4v) is 3.24. The second-order valence-electron chi connectivity index (χ2n) is 7.64. The first-order valence-corrected chi connectivity index (χ1v) is 11.1. The van der Waals surface area contributed by atoms with Crippen molar-refractivity contribution >= 4 is 36.3 Å². The number of nitrogens with zero attached hydrogens (tertiary/aromatic N) is 1. The summed E-state index contributed by atoms with van der Waals surface area (Å²) in [5, 5.41) is 35.2. The van der Waals surface area contributed by atoms with Crippen LogP contribution in [0, 0.1) is 0 Å². The van der Waals surface area contributed by atoms with E-state index in [2.05, 4.69) is 38.5 Å². The van der Waals surface area contributed by atoms with Gasteiger partial charge in [-0.15, -0.1) is 0 Å². The topological polar surface area (TPSA) is 220 Å². The highest BCUT2D eigenvalue weighted by atomic mass is 32.1. The smallest absolute Gasteiger partial charge is 0.327 e. The molecule has 2 rings (SSSR count). The second kappa shape index (κ2) is 13.3. The Morgan fingerprint density at radius 2 is 1.54 bits per heavy atom. The standard InChI is InChI=1S/C21H28N6O7S/c22-14(8-28)18(30)25-15(5-11-1-3-13(29)4-2-11)19(31)26-16(6-12-7-23-10-24-12)20(32)27-17(9-35)21(33)34/h1-4,7,10,14-17,28-29,35H,5-6,8-9,22H2,(H,23,24)(H,25,30)(H,26,31)(H,27,32)(H,33,34). The molecule has 0 fully saturated rings. The number of nitrogens with one attached hydrogen (secondary N) is 4. The van der Waals surface area contributed by atoms with Gasteiger partial charge in [0.2, 0.25) is 17.7 Å². The van der Waals surface area contributed by atoms with Crippen molar-refractivity contribution in [2.24, 2.45) is 5.73 Å². The lowest BCUT2D eigenvalue weighted by Gasteiger charge is -2.25. The zero-order valence-corrected chi connectivity index (χ0v) is 19.4. The van der Waals surface area contributed by atoms with Crippen LogP contribution in [-0.2, 0) is 32.0 Å². The summed E-state index contributed by atoms with van der Waals surface area (Å²) in [6, 6.07) is 0.909. The molecule has 0 spiro atoms. The number of aromatic nitrogens is 2. The highest BCUT2D eigenvalue weighted by Gasteiger charge is 2.30. The Bertz CT molecular complexity index is 1000. The number of phenolic OH excluding ortho intramolecular Hbond substituents is 1. The average molecular weight is 509 g/mol. The minimum absolute atomic E-state index is 0.00885. The molecule has 35 heavy (non-hydrogen) atoms. The maximum atomic E-state index is 13.2. The molecule has 1 heterocycles. The number of aromatic hydroxyl groups is 1. The Hall–Kier alpha value is -3.62. The molecule has 2 aromatic rings. The first-order chi connectivity index (χ1) is 16.6. The number of carbonyl (C=O) groups excluding carboxylic acids is 3. The Balaban J connectivity index is 2.26. The third-order valence-corrected chi connectivity index (χ3v) is 5.32. The number of nitrogens with two attached hydrogens (primary N) is 1. The number of thiol groups is 1. The number of aliphatic hydroxyl groups is 1. The number of H-pyrrole nitrogens is 1. The van der Waals surface area contributed by atoms with E-state index >= 15 is 0 Å². The summed E-state index contributed by atoms with van der Waals surface area (Å²) in [6.07, 6.45) is 2.75. The van der Waals surface area contributed by atoms with Crippen LogP contribution in [0.15, 0.2) is 36.8 Å². The van der Waals surface area contributed by atoms with Crippen LogP contribution < -0.4 is 21.7 Å². The van der Waals surface area contributed by atoms with E-state index in [9.17, 15) is 29.4 Å². The molecule has 13 nitrogen and oxygen atoms in total. The Labute approximate surface area is 205 Å². The van der Waals surface area contributed by atoms with Crippen LogP contribution in [0.1, 0.15) is 11.3 Å². The number of hydrogen-bond donors (Lipinski definition) is 9. The van der Waals surface area contributed by atoms with Crippen molar-refractivity contribution in [1.82, 2.24) is 25.9 Å². The molecule has 9 N–H and O–H groups in total. The van der Waals surface area contributed by atoms with Crippen molar-refractivity contribution in [1.29, 1.82) is 0 Å². The molecule has 3 amide bonds. The molecule has 1 aromatic carbocycles. The molecule has 0 aliphatic rings. The van der Waals surface area contributed by atoms with E-state index in [1.165, 1.54) is 24.7 Å². The van der Waals surface area contributed by atoms with E-state index in [-0.39, 0.29) is 24.3 Å². The monoisotopic (exact) mass is 508 g/mol. The lowest BCUT2D eigenvalue weighted by molar-refractivity contribution is -0.141. The number of amides is 3. The summed E-state index contributed by atoms with van der Waals surface area (Å²) in [4.78, 5) is 56.3. The number of carbonyl (C=O) groups is 4. The third-order valence-electron chi connectivity index (χ3n) is 4.95. The summed E-state index contributed by atoms with van der Waals surface area (Å²) in [5.41, 5.74) is 6.62. The van der Waals surface area contributed by atoms with E-state index < -0.39 is 54.5 Å². The number of aliphatic carboxylic acids is 1. The quantitative estimate of drug-likeness (QED) is 0.132. The van der Waals surface area contributed by atoms with Gasteiger partial charge in [-0.2, -0.15) is 12.6 Å². The van der Waals surface area contributed by atoms with Gasteiger partial charge in [0.25, 0.3) is 0 Å². The summed E-state index contributed by atoms with van der Waals surface area (Å²) in [6.45, 7) is -0.648. The lowest BCUT2D eigenvalue weighted by Crippen LogP contribution is -2.58. The molecule has 0 aliphatic heterocycles. The summed E-state index contributed by atoms with van der Waals surface area (Å²) in [5.74, 6) is -3.79. The van der Waals surface area contributed by atoms with Gasteiger partial charge < -0.3 is 42.0 Å². The number of benzene rings is 1. The maximum Gasteiger partial charge on any atom is 0.327 e. The SMILES string of the molecule is NC(CO)C(=O)NC(Cc1ccc(O)cc1)C(=O)NC(Cc1cnc[nH]1)C(=O)NC(CS)C(=O)O. The average Bonchev–Trinajstić information content (AvgIpc) is 3.35. The van der Waals surface area contributed by atoms with Crippen molar-refractivity contribution < 1.29 is 34.5 Å². The highest BCUT2D eigenvalue weighted by molar-refractivity contribution is 7.80. The number of carboxylic acid groups (broad SMARTS) is 1. The minimum Gasteiger partial charge on any atom is -0.508 e. The van der Waals surface area contributed by atoms with Gasteiger partial charge >= 0.3 is 5.97 Å². The van der Waals surface area contributed by atoms with E-state index in [1.807, 2.05) is 0 Å². The molecule has 1 aromatic heterocycles. The highest BCUT2D eigenvalue weighted by Crippen LogP contribution is 2.12. The molecule has 4 unspecified atom stereocenters. The number of imidazole rings is 1. The van der Waals surface area contributed by atoms with Gasteiger partial charge in [-0.25, -0.2) is 9.78 Å². The Kier molecular flexibility index (Phi) is 10.5. The van der Waals surface area contributed by atoms with Gasteiger partial charge in [0, 0.05) is 30.5 Å². The largest absolute Gasteiger partial charge is 0.508 e. The van der Waals surface area contributed by atoms with Crippen molar-refractivity contribution in [3.8, 4) is 5.75 Å². The molecule has 0 bridgehead atoms. The second-order valence-corrected chi connectivity index (χ2v) is 8.01. The number of phenols is 1. The van der Waals surface area contributed by atoms with Crippen LogP contribution in [0.4, 0.5) is 0 Å². The van der Waals surface area contributed by atoms with Crippen LogP contribution in [0.2, 0.25) is 0 Å². The molecule has 0 aliphatic carbocycles. The fraction of sp³-hybridized carbons (Fsp3) is 0.381. The fourth-order valence-electron chi connectivity index (χ4n) is 2.99. The zero-order chi connectivity index (χ0) is 26.0. The molecule has 0 radical (unpaired) electrons. The van der Waals surface area contributed by atoms with Crippen molar-refractivity contribution in [3.63, 3.8) is 0 Å². The van der Waals surface area contributed by atoms with Gasteiger partial charge in [0.1, 0.15) is 29.9 Å². The molecule has 4 atom stereocenters. The Morgan fingerprint density at radius 1 is 0.971 bits per heavy atom. The number of carboxylic acids is 1. The predicted molar refractivity (Wildman–Crippen MR) is 126 cm³/mol. The predicted octanol–water partition coefficient (Wildman–Crippen LogP) is -2.31. The van der Waals surface area contributed by atoms with Crippen molar-refractivity contribution in [3.05, 3.63) is 48.0 Å². The van der Waals surface area contributed by atoms with Crippen LogP contribution in [0.25, 0.3) is 0 Å². The summed E-state index contributed by atoms with van der Waals surface area (Å²) in [7, 11) is 0. The third kappa shape index (κ3) is 8.59. The number of rotatable bonds is 13. The molecule has 0 saturated carbocycles. The zero-order valence-electron chi connectivity index (χ0n) is 18.5. The van der Waals surface area contributed by atoms with Crippen molar-refractivity contribution in [2.45, 2.75) is 37.0 Å². The first kappa shape index (κ1) is 27.6.